The number of hydrogen-bond acceptors (Lipinski definition) is 0. The molecule has 1 rings (SSSR count). The molecule has 0 heterocycles. The van der Waals surface area contributed by atoms with E-state index in [0.717, 1.165) is 6.08 Å². The summed E-state index contributed by atoms with van der Waals surface area (Å²) >= 11 is 0. The maximum atomic E-state index is 12.9. The van der Waals surface area contributed by atoms with Crippen LogP contribution in [0.3, 0.4) is 0 Å². The molecule has 1 unspecified atom stereocenters. The Morgan fingerprint density at radius 1 is 1.33 bits per heavy atom. The van der Waals surface area contributed by atoms with Crippen molar-refractivity contribution in [2.45, 2.75) is 26.4 Å². The van der Waals surface area contributed by atoms with Gasteiger partial charge < -0.3 is 0 Å². The van der Waals surface area contributed by atoms with Crippen molar-refractivity contribution in [3.05, 3.63) is 11.9 Å². The molecule has 0 spiro atoms. The summed E-state index contributed by atoms with van der Waals surface area (Å²) in [5.41, 5.74) is -2.34. The Bertz CT molecular complexity index is 166. The van der Waals surface area contributed by atoms with Crippen LogP contribution in [0.1, 0.15) is 20.8 Å². The van der Waals surface area contributed by atoms with Gasteiger partial charge in [-0.15, -0.1) is 0 Å². The lowest BCUT2D eigenvalue weighted by Crippen LogP contribution is -2.44. The quantitative estimate of drug-likeness (QED) is 0.475. The number of alkyl halides is 1. The molecule has 0 saturated heterocycles. The van der Waals surface area contributed by atoms with Crippen LogP contribution in [0.2, 0.25) is 0 Å². The average molecular weight is 132 g/mol. The van der Waals surface area contributed by atoms with E-state index in [2.05, 4.69) is 0 Å². The molecule has 0 N–H and O–H groups in total. The van der Waals surface area contributed by atoms with Gasteiger partial charge >= 0.3 is 0 Å². The standard InChI is InChI=1S/C7H10F2/c1-6(2)5(8)4-7(6,3)9/h4H,1-3H3. The van der Waals surface area contributed by atoms with E-state index in [1.807, 2.05) is 0 Å². The molecule has 52 valence electrons. The molecule has 9 heavy (non-hydrogen) atoms. The van der Waals surface area contributed by atoms with Gasteiger partial charge in [0.05, 0.1) is 5.41 Å². The highest BCUT2D eigenvalue weighted by Gasteiger charge is 2.51. The summed E-state index contributed by atoms with van der Waals surface area (Å²) in [7, 11) is 0. The van der Waals surface area contributed by atoms with E-state index in [9.17, 15) is 8.78 Å². The minimum atomic E-state index is -1.45. The van der Waals surface area contributed by atoms with Gasteiger partial charge in [-0.3, -0.25) is 0 Å². The minimum Gasteiger partial charge on any atom is -0.238 e. The average Bonchev–Trinajstić information content (AvgIpc) is 1.65. The summed E-state index contributed by atoms with van der Waals surface area (Å²) in [6.45, 7) is 4.50. The van der Waals surface area contributed by atoms with E-state index in [-0.39, 0.29) is 5.83 Å². The van der Waals surface area contributed by atoms with E-state index >= 15 is 0 Å². The van der Waals surface area contributed by atoms with Gasteiger partial charge in [0.2, 0.25) is 0 Å². The second kappa shape index (κ2) is 1.36. The van der Waals surface area contributed by atoms with Crippen molar-refractivity contribution in [3.63, 3.8) is 0 Å². The Morgan fingerprint density at radius 3 is 1.78 bits per heavy atom. The summed E-state index contributed by atoms with van der Waals surface area (Å²) in [6.07, 6.45) is 1.02. The summed E-state index contributed by atoms with van der Waals surface area (Å²) in [5.74, 6) is -0.340. The van der Waals surface area contributed by atoms with Crippen LogP contribution in [0, 0.1) is 5.41 Å². The third-order valence-corrected chi connectivity index (χ3v) is 2.22. The van der Waals surface area contributed by atoms with Gasteiger partial charge in [0.25, 0.3) is 0 Å². The molecule has 2 heteroatoms. The Balaban J connectivity index is 2.94. The Labute approximate surface area is 53.6 Å². The van der Waals surface area contributed by atoms with Crippen LogP contribution in [0.4, 0.5) is 8.78 Å². The fraction of sp³-hybridized carbons (Fsp3) is 0.714. The molecule has 0 fully saturated rings. The number of rotatable bonds is 0. The molecular formula is C7H10F2. The lowest BCUT2D eigenvalue weighted by Gasteiger charge is -2.42. The molecule has 1 aliphatic rings. The van der Waals surface area contributed by atoms with Crippen LogP contribution in [0.15, 0.2) is 11.9 Å². The van der Waals surface area contributed by atoms with Crippen molar-refractivity contribution >= 4 is 0 Å². The molecule has 0 saturated carbocycles. The predicted molar refractivity (Wildman–Crippen MR) is 32.5 cm³/mol. The van der Waals surface area contributed by atoms with Crippen molar-refractivity contribution < 1.29 is 8.78 Å². The second-order valence-electron chi connectivity index (χ2n) is 3.19. The van der Waals surface area contributed by atoms with Gasteiger partial charge in [-0.05, 0) is 13.0 Å². The fourth-order valence-corrected chi connectivity index (χ4v) is 0.755. The van der Waals surface area contributed by atoms with Crippen LogP contribution in [-0.4, -0.2) is 5.67 Å². The molecule has 0 aliphatic heterocycles. The van der Waals surface area contributed by atoms with Crippen molar-refractivity contribution in [2.24, 2.45) is 5.41 Å². The lowest BCUT2D eigenvalue weighted by molar-refractivity contribution is 0.0496. The van der Waals surface area contributed by atoms with Crippen LogP contribution >= 0.6 is 0 Å². The zero-order valence-corrected chi connectivity index (χ0v) is 5.83. The Kier molecular flexibility index (Phi) is 1.02. The van der Waals surface area contributed by atoms with E-state index in [4.69, 9.17) is 0 Å². The normalized spacial score (nSPS) is 39.4. The van der Waals surface area contributed by atoms with Crippen LogP contribution in [-0.2, 0) is 0 Å². The van der Waals surface area contributed by atoms with Gasteiger partial charge in [0, 0.05) is 0 Å². The second-order valence-corrected chi connectivity index (χ2v) is 3.19. The third-order valence-electron chi connectivity index (χ3n) is 2.22. The summed E-state index contributed by atoms with van der Waals surface area (Å²) < 4.78 is 25.3. The molecule has 0 aromatic heterocycles. The first-order valence-electron chi connectivity index (χ1n) is 2.96. The van der Waals surface area contributed by atoms with Crippen LogP contribution < -0.4 is 0 Å². The van der Waals surface area contributed by atoms with Crippen molar-refractivity contribution in [1.29, 1.82) is 0 Å². The van der Waals surface area contributed by atoms with Crippen LogP contribution in [0.5, 0.6) is 0 Å². The summed E-state index contributed by atoms with van der Waals surface area (Å²) in [4.78, 5) is 0. The predicted octanol–water partition coefficient (Wildman–Crippen LogP) is 2.61. The third kappa shape index (κ3) is 0.620. The van der Waals surface area contributed by atoms with Gasteiger partial charge in [0.1, 0.15) is 11.5 Å². The van der Waals surface area contributed by atoms with Gasteiger partial charge in [-0.1, -0.05) is 13.8 Å². The van der Waals surface area contributed by atoms with Crippen molar-refractivity contribution in [1.82, 2.24) is 0 Å². The molecule has 0 amide bonds. The molecule has 0 bridgehead atoms. The summed E-state index contributed by atoms with van der Waals surface area (Å²) in [6, 6.07) is 0. The zero-order chi connectivity index (χ0) is 7.28. The molecular weight excluding hydrogens is 122 g/mol. The van der Waals surface area contributed by atoms with Gasteiger partial charge in [0.15, 0.2) is 0 Å². The highest BCUT2D eigenvalue weighted by molar-refractivity contribution is 5.30. The lowest BCUT2D eigenvalue weighted by atomic mass is 9.67. The molecule has 1 aliphatic carbocycles. The molecule has 0 radical (unpaired) electrons. The molecule has 0 nitrogen and oxygen atoms in total. The SMILES string of the molecule is CC1(F)C=C(F)C1(C)C. The number of allylic oxidation sites excluding steroid dienone is 2. The Morgan fingerprint density at radius 2 is 1.78 bits per heavy atom. The first-order valence-corrected chi connectivity index (χ1v) is 2.96. The highest BCUT2D eigenvalue weighted by Crippen LogP contribution is 2.51. The van der Waals surface area contributed by atoms with Gasteiger partial charge in [-0.25, -0.2) is 8.78 Å². The first kappa shape index (κ1) is 6.72. The van der Waals surface area contributed by atoms with E-state index < -0.39 is 11.1 Å². The number of halogens is 2. The fourth-order valence-electron chi connectivity index (χ4n) is 0.755. The van der Waals surface area contributed by atoms with Crippen LogP contribution in [0.25, 0.3) is 0 Å². The van der Waals surface area contributed by atoms with Crippen molar-refractivity contribution in [3.8, 4) is 0 Å². The topological polar surface area (TPSA) is 0 Å². The van der Waals surface area contributed by atoms with Gasteiger partial charge in [-0.2, -0.15) is 0 Å². The zero-order valence-electron chi connectivity index (χ0n) is 5.83. The largest absolute Gasteiger partial charge is 0.238 e. The first-order chi connectivity index (χ1) is 3.88. The maximum absolute atomic E-state index is 12.9. The maximum Gasteiger partial charge on any atom is 0.140 e. The van der Waals surface area contributed by atoms with Crippen molar-refractivity contribution in [2.75, 3.05) is 0 Å². The highest BCUT2D eigenvalue weighted by atomic mass is 19.2. The number of hydrogen-bond donors (Lipinski definition) is 0. The monoisotopic (exact) mass is 132 g/mol. The molecule has 0 aromatic carbocycles. The smallest absolute Gasteiger partial charge is 0.140 e. The van der Waals surface area contributed by atoms with E-state index in [1.165, 1.54) is 6.92 Å². The van der Waals surface area contributed by atoms with E-state index in [1.54, 1.807) is 13.8 Å². The molecule has 0 aromatic rings. The summed E-state index contributed by atoms with van der Waals surface area (Å²) in [5, 5.41) is 0. The Hall–Kier alpha value is -0.400. The van der Waals surface area contributed by atoms with E-state index in [0.29, 0.717) is 0 Å². The minimum absolute atomic E-state index is 0.340. The molecule has 1 atom stereocenters.